The van der Waals surface area contributed by atoms with Crippen LogP contribution in [-0.4, -0.2) is 18.2 Å². The van der Waals surface area contributed by atoms with Crippen molar-refractivity contribution in [2.75, 3.05) is 7.11 Å². The number of hydrogen-bond acceptors (Lipinski definition) is 6. The fraction of sp³-hybridized carbons (Fsp3) is 0.154. The van der Waals surface area contributed by atoms with E-state index in [2.05, 4.69) is 0 Å². The number of hydrogen-bond donors (Lipinski definition) is 1. The second-order valence-corrected chi connectivity index (χ2v) is 7.82. The number of phenols is 1. The lowest BCUT2D eigenvalue weighted by Crippen LogP contribution is -2.22. The van der Waals surface area contributed by atoms with Gasteiger partial charge in [-0.25, -0.2) is 4.79 Å². The van der Waals surface area contributed by atoms with E-state index in [0.29, 0.717) is 28.0 Å². The molecule has 1 aliphatic heterocycles. The SMILES string of the molecule is COc1ccc([C@H]2CC(=O)Oc3c2c(C)cc2oc(=O)cc(-c4ccccc4)c32)cc1O. The molecule has 5 rings (SSSR count). The Kier molecular flexibility index (Phi) is 4.70. The summed E-state index contributed by atoms with van der Waals surface area (Å²) in [6, 6.07) is 17.8. The zero-order chi connectivity index (χ0) is 22.4. The van der Waals surface area contributed by atoms with E-state index in [9.17, 15) is 14.7 Å². The van der Waals surface area contributed by atoms with Gasteiger partial charge >= 0.3 is 11.6 Å². The molecule has 1 aromatic heterocycles. The van der Waals surface area contributed by atoms with Gasteiger partial charge in [-0.2, -0.15) is 0 Å². The Labute approximate surface area is 183 Å². The van der Waals surface area contributed by atoms with Crippen molar-refractivity contribution in [3.63, 3.8) is 0 Å². The molecule has 1 aliphatic rings. The van der Waals surface area contributed by atoms with Crippen molar-refractivity contribution < 1.29 is 23.8 Å². The Morgan fingerprint density at radius 2 is 1.81 bits per heavy atom. The lowest BCUT2D eigenvalue weighted by Gasteiger charge is -2.28. The molecule has 0 saturated carbocycles. The van der Waals surface area contributed by atoms with E-state index in [1.165, 1.54) is 13.2 Å². The molecule has 0 saturated heterocycles. The van der Waals surface area contributed by atoms with Crippen LogP contribution >= 0.6 is 0 Å². The first-order chi connectivity index (χ1) is 15.5. The number of carbonyl (C=O) groups is 1. The van der Waals surface area contributed by atoms with Crippen molar-refractivity contribution in [2.24, 2.45) is 0 Å². The Bertz CT molecular complexity index is 1420. The predicted octanol–water partition coefficient (Wildman–Crippen LogP) is 4.92. The third kappa shape index (κ3) is 3.21. The molecule has 0 spiro atoms. The molecule has 0 bridgehead atoms. The molecular weight excluding hydrogens is 408 g/mol. The van der Waals surface area contributed by atoms with Crippen molar-refractivity contribution in [3.8, 4) is 28.4 Å². The Balaban J connectivity index is 1.81. The first-order valence-corrected chi connectivity index (χ1v) is 10.2. The van der Waals surface area contributed by atoms with Gasteiger partial charge in [0.1, 0.15) is 11.3 Å². The van der Waals surface area contributed by atoms with E-state index in [0.717, 1.165) is 22.3 Å². The lowest BCUT2D eigenvalue weighted by molar-refractivity contribution is -0.135. The minimum Gasteiger partial charge on any atom is -0.504 e. The van der Waals surface area contributed by atoms with Crippen LogP contribution in [0.2, 0.25) is 0 Å². The molecule has 160 valence electrons. The normalized spacial score (nSPS) is 15.3. The third-order valence-electron chi connectivity index (χ3n) is 5.86. The number of aromatic hydroxyl groups is 1. The number of methoxy groups -OCH3 is 1. The van der Waals surface area contributed by atoms with Gasteiger partial charge < -0.3 is 19.0 Å². The van der Waals surface area contributed by atoms with Gasteiger partial charge in [-0.1, -0.05) is 36.4 Å². The maximum Gasteiger partial charge on any atom is 0.336 e. The first-order valence-electron chi connectivity index (χ1n) is 10.2. The van der Waals surface area contributed by atoms with Gasteiger partial charge in [-0.3, -0.25) is 4.79 Å². The second-order valence-electron chi connectivity index (χ2n) is 7.82. The van der Waals surface area contributed by atoms with Crippen molar-refractivity contribution in [3.05, 3.63) is 87.8 Å². The van der Waals surface area contributed by atoms with Crippen LogP contribution in [0.3, 0.4) is 0 Å². The van der Waals surface area contributed by atoms with Gasteiger partial charge in [-0.05, 0) is 41.8 Å². The van der Waals surface area contributed by atoms with E-state index in [1.807, 2.05) is 43.3 Å². The van der Waals surface area contributed by atoms with E-state index in [1.54, 1.807) is 18.2 Å². The average molecular weight is 428 g/mol. The zero-order valence-corrected chi connectivity index (χ0v) is 17.5. The quantitative estimate of drug-likeness (QED) is 0.283. The molecule has 4 aromatic rings. The van der Waals surface area contributed by atoms with Crippen LogP contribution < -0.4 is 15.1 Å². The molecule has 0 fully saturated rings. The van der Waals surface area contributed by atoms with Gasteiger partial charge in [-0.15, -0.1) is 0 Å². The van der Waals surface area contributed by atoms with Crippen LogP contribution in [-0.2, 0) is 4.79 Å². The molecule has 1 N–H and O–H groups in total. The van der Waals surface area contributed by atoms with Crippen molar-refractivity contribution >= 4 is 16.9 Å². The highest BCUT2D eigenvalue weighted by atomic mass is 16.5. The number of phenolic OH excluding ortho intramolecular Hbond substituents is 1. The van der Waals surface area contributed by atoms with Gasteiger partial charge in [0.2, 0.25) is 0 Å². The van der Waals surface area contributed by atoms with Gasteiger partial charge in [0.25, 0.3) is 0 Å². The van der Waals surface area contributed by atoms with Crippen LogP contribution in [0.1, 0.15) is 29.0 Å². The summed E-state index contributed by atoms with van der Waals surface area (Å²) in [4.78, 5) is 25.0. The molecule has 0 amide bonds. The highest BCUT2D eigenvalue weighted by molar-refractivity contribution is 6.01. The number of benzene rings is 3. The maximum atomic E-state index is 12.7. The monoisotopic (exact) mass is 428 g/mol. The largest absolute Gasteiger partial charge is 0.504 e. The van der Waals surface area contributed by atoms with Crippen LogP contribution in [0.5, 0.6) is 17.2 Å². The fourth-order valence-electron chi connectivity index (χ4n) is 4.45. The highest BCUT2D eigenvalue weighted by Crippen LogP contribution is 2.48. The minimum atomic E-state index is -0.477. The summed E-state index contributed by atoms with van der Waals surface area (Å²) >= 11 is 0. The molecule has 0 aliphatic carbocycles. The summed E-state index contributed by atoms with van der Waals surface area (Å²) < 4.78 is 16.4. The Hall–Kier alpha value is -4.06. The standard InChI is InChI=1S/C26H20O6/c1-14-10-21-25(17(12-22(28)31-21)15-6-4-3-5-7-15)26-24(14)18(13-23(29)32-26)16-8-9-20(30-2)19(27)11-16/h3-12,18,27H,13H2,1-2H3/t18-/m1/s1. The predicted molar refractivity (Wildman–Crippen MR) is 119 cm³/mol. The molecular formula is C26H20O6. The molecule has 6 nitrogen and oxygen atoms in total. The fourth-order valence-corrected chi connectivity index (χ4v) is 4.45. The van der Waals surface area contributed by atoms with E-state index in [-0.39, 0.29) is 18.1 Å². The number of rotatable bonds is 3. The smallest absolute Gasteiger partial charge is 0.336 e. The van der Waals surface area contributed by atoms with Crippen molar-refractivity contribution in [1.82, 2.24) is 0 Å². The average Bonchev–Trinajstić information content (AvgIpc) is 2.78. The minimum absolute atomic E-state index is 0.0000886. The van der Waals surface area contributed by atoms with Gasteiger partial charge in [0.15, 0.2) is 11.5 Å². The summed E-state index contributed by atoms with van der Waals surface area (Å²) in [5.41, 5.74) is 3.76. The summed E-state index contributed by atoms with van der Waals surface area (Å²) in [7, 11) is 1.48. The zero-order valence-electron chi connectivity index (χ0n) is 17.5. The van der Waals surface area contributed by atoms with Crippen molar-refractivity contribution in [2.45, 2.75) is 19.3 Å². The molecule has 0 radical (unpaired) electrons. The first kappa shape index (κ1) is 19.9. The van der Waals surface area contributed by atoms with Crippen LogP contribution in [0.25, 0.3) is 22.1 Å². The summed E-state index contributed by atoms with van der Waals surface area (Å²) in [5, 5.41) is 10.9. The van der Waals surface area contributed by atoms with Gasteiger partial charge in [0, 0.05) is 23.1 Å². The Morgan fingerprint density at radius 3 is 2.53 bits per heavy atom. The van der Waals surface area contributed by atoms with Gasteiger partial charge in [0.05, 0.1) is 18.9 Å². The van der Waals surface area contributed by atoms with E-state index < -0.39 is 11.6 Å². The third-order valence-corrected chi connectivity index (χ3v) is 5.86. The van der Waals surface area contributed by atoms with E-state index in [4.69, 9.17) is 13.9 Å². The molecule has 32 heavy (non-hydrogen) atoms. The van der Waals surface area contributed by atoms with E-state index >= 15 is 0 Å². The summed E-state index contributed by atoms with van der Waals surface area (Å²) in [6.07, 6.45) is 0.128. The molecule has 6 heteroatoms. The number of ether oxygens (including phenoxy) is 2. The van der Waals surface area contributed by atoms with Crippen LogP contribution in [0, 0.1) is 6.92 Å². The number of aryl methyl sites for hydroxylation is 1. The number of carbonyl (C=O) groups excluding carboxylic acids is 1. The Morgan fingerprint density at radius 1 is 1.03 bits per heavy atom. The van der Waals surface area contributed by atoms with Crippen LogP contribution in [0.15, 0.2) is 69.9 Å². The molecule has 0 unspecified atom stereocenters. The summed E-state index contributed by atoms with van der Waals surface area (Å²) in [5.74, 6) is 0.0210. The maximum absolute atomic E-state index is 12.7. The number of fused-ring (bicyclic) bond motifs is 3. The topological polar surface area (TPSA) is 86.0 Å². The molecule has 1 atom stereocenters. The van der Waals surface area contributed by atoms with Crippen LogP contribution in [0.4, 0.5) is 0 Å². The number of esters is 1. The summed E-state index contributed by atoms with van der Waals surface area (Å²) in [6.45, 7) is 1.89. The molecule has 2 heterocycles. The molecule has 3 aromatic carbocycles. The second kappa shape index (κ2) is 7.57. The lowest BCUT2D eigenvalue weighted by atomic mass is 9.82. The van der Waals surface area contributed by atoms with Crippen molar-refractivity contribution in [1.29, 1.82) is 0 Å². The highest BCUT2D eigenvalue weighted by Gasteiger charge is 2.33.